The number of piperidine rings is 1. The van der Waals surface area contributed by atoms with Crippen molar-refractivity contribution in [1.29, 1.82) is 0 Å². The lowest BCUT2D eigenvalue weighted by molar-refractivity contribution is 0.0649. The lowest BCUT2D eigenvalue weighted by Crippen LogP contribution is -2.49. The van der Waals surface area contributed by atoms with Gasteiger partial charge in [0.15, 0.2) is 0 Å². The number of hydrogen-bond acceptors (Lipinski definition) is 2. The maximum Gasteiger partial charge on any atom is 0.253 e. The highest BCUT2D eigenvalue weighted by atomic mass is 16.2. The van der Waals surface area contributed by atoms with Crippen LogP contribution in [-0.2, 0) is 6.42 Å². The van der Waals surface area contributed by atoms with Crippen LogP contribution in [0.15, 0.2) is 48.5 Å². The fourth-order valence-electron chi connectivity index (χ4n) is 3.59. The van der Waals surface area contributed by atoms with E-state index in [4.69, 9.17) is 5.73 Å². The monoisotopic (exact) mass is 322 g/mol. The van der Waals surface area contributed by atoms with Gasteiger partial charge in [-0.3, -0.25) is 4.79 Å². The van der Waals surface area contributed by atoms with Crippen molar-refractivity contribution in [2.24, 2.45) is 11.7 Å². The molecule has 3 nitrogen and oxygen atoms in total. The van der Waals surface area contributed by atoms with Crippen molar-refractivity contribution in [2.45, 2.75) is 32.7 Å². The van der Waals surface area contributed by atoms with E-state index in [0.29, 0.717) is 12.5 Å². The molecule has 0 saturated carbocycles. The van der Waals surface area contributed by atoms with Crippen LogP contribution in [0.2, 0.25) is 0 Å². The summed E-state index contributed by atoms with van der Waals surface area (Å²) in [6.45, 7) is 5.72. The van der Waals surface area contributed by atoms with Gasteiger partial charge in [0.25, 0.3) is 5.91 Å². The molecular formula is C21H26N2O. The third-order valence-corrected chi connectivity index (χ3v) is 4.97. The average Bonchev–Trinajstić information content (AvgIpc) is 2.58. The predicted octanol–water partition coefficient (Wildman–Crippen LogP) is 3.34. The van der Waals surface area contributed by atoms with Gasteiger partial charge in [0.05, 0.1) is 0 Å². The van der Waals surface area contributed by atoms with Gasteiger partial charge >= 0.3 is 0 Å². The fraction of sp³-hybridized carbons (Fsp3) is 0.381. The van der Waals surface area contributed by atoms with Crippen molar-refractivity contribution in [3.8, 4) is 0 Å². The third kappa shape index (κ3) is 3.85. The molecule has 2 aromatic rings. The zero-order valence-electron chi connectivity index (χ0n) is 14.5. The first-order valence-corrected chi connectivity index (χ1v) is 8.69. The van der Waals surface area contributed by atoms with Crippen LogP contribution in [0.3, 0.4) is 0 Å². The summed E-state index contributed by atoms with van der Waals surface area (Å²) in [5.74, 6) is 0.513. The van der Waals surface area contributed by atoms with Crippen molar-refractivity contribution < 1.29 is 4.79 Å². The van der Waals surface area contributed by atoms with Gasteiger partial charge < -0.3 is 10.6 Å². The number of aryl methyl sites for hydroxylation is 2. The van der Waals surface area contributed by atoms with Gasteiger partial charge in [-0.1, -0.05) is 36.4 Å². The molecule has 24 heavy (non-hydrogen) atoms. The standard InChI is InChI=1S/C21H26N2O/c1-15-8-9-17(10-16(15)2)11-18-12-20(22)14-23(13-18)21(24)19-6-4-3-5-7-19/h3-10,18,20H,11-14,22H2,1-2H3. The van der Waals surface area contributed by atoms with Crippen LogP contribution in [0.1, 0.15) is 33.5 Å². The molecule has 2 atom stereocenters. The van der Waals surface area contributed by atoms with Gasteiger partial charge in [-0.05, 0) is 61.4 Å². The molecule has 1 amide bonds. The number of likely N-dealkylation sites (tertiary alicyclic amines) is 1. The van der Waals surface area contributed by atoms with E-state index in [1.165, 1.54) is 16.7 Å². The van der Waals surface area contributed by atoms with Crippen molar-refractivity contribution in [2.75, 3.05) is 13.1 Å². The minimum atomic E-state index is 0.0583. The Labute approximate surface area is 144 Å². The quantitative estimate of drug-likeness (QED) is 0.942. The summed E-state index contributed by atoms with van der Waals surface area (Å²) >= 11 is 0. The Morgan fingerprint density at radius 2 is 1.83 bits per heavy atom. The molecule has 1 heterocycles. The van der Waals surface area contributed by atoms with Crippen LogP contribution < -0.4 is 5.73 Å². The molecule has 0 bridgehead atoms. The van der Waals surface area contributed by atoms with Gasteiger partial charge in [-0.25, -0.2) is 0 Å². The van der Waals surface area contributed by atoms with E-state index in [9.17, 15) is 4.79 Å². The highest BCUT2D eigenvalue weighted by molar-refractivity contribution is 5.94. The summed E-state index contributed by atoms with van der Waals surface area (Å²) in [7, 11) is 0. The Morgan fingerprint density at radius 3 is 2.54 bits per heavy atom. The summed E-state index contributed by atoms with van der Waals surface area (Å²) in [6, 6.07) is 16.2. The van der Waals surface area contributed by atoms with E-state index in [2.05, 4.69) is 32.0 Å². The van der Waals surface area contributed by atoms with Gasteiger partial charge in [-0.15, -0.1) is 0 Å². The molecule has 3 heteroatoms. The summed E-state index contributed by atoms with van der Waals surface area (Å²) in [5, 5.41) is 0. The molecule has 0 aliphatic carbocycles. The second-order valence-electron chi connectivity index (χ2n) is 7.06. The third-order valence-electron chi connectivity index (χ3n) is 4.97. The fourth-order valence-corrected chi connectivity index (χ4v) is 3.59. The largest absolute Gasteiger partial charge is 0.337 e. The highest BCUT2D eigenvalue weighted by Gasteiger charge is 2.28. The molecular weight excluding hydrogens is 296 g/mol. The Hall–Kier alpha value is -2.13. The molecule has 126 valence electrons. The molecule has 2 unspecified atom stereocenters. The van der Waals surface area contributed by atoms with Crippen LogP contribution in [0.25, 0.3) is 0 Å². The number of carbonyl (C=O) groups is 1. The highest BCUT2D eigenvalue weighted by Crippen LogP contribution is 2.23. The maximum absolute atomic E-state index is 12.7. The van der Waals surface area contributed by atoms with Crippen LogP contribution in [0, 0.1) is 19.8 Å². The minimum absolute atomic E-state index is 0.0583. The zero-order valence-corrected chi connectivity index (χ0v) is 14.5. The Kier molecular flexibility index (Phi) is 5.00. The molecule has 2 aromatic carbocycles. The van der Waals surface area contributed by atoms with Crippen LogP contribution in [-0.4, -0.2) is 29.9 Å². The van der Waals surface area contributed by atoms with Gasteiger partial charge in [0.2, 0.25) is 0 Å². The van der Waals surface area contributed by atoms with Gasteiger partial charge in [0, 0.05) is 24.7 Å². The lowest BCUT2D eigenvalue weighted by atomic mass is 9.88. The zero-order chi connectivity index (χ0) is 17.1. The summed E-state index contributed by atoms with van der Waals surface area (Å²) in [6.07, 6.45) is 1.96. The number of hydrogen-bond donors (Lipinski definition) is 1. The Balaban J connectivity index is 1.71. The molecule has 3 rings (SSSR count). The van der Waals surface area contributed by atoms with Crippen molar-refractivity contribution in [3.63, 3.8) is 0 Å². The van der Waals surface area contributed by atoms with E-state index in [1.807, 2.05) is 35.2 Å². The van der Waals surface area contributed by atoms with Gasteiger partial charge in [-0.2, -0.15) is 0 Å². The van der Waals surface area contributed by atoms with Crippen molar-refractivity contribution >= 4 is 5.91 Å². The smallest absolute Gasteiger partial charge is 0.253 e. The van der Waals surface area contributed by atoms with E-state index in [1.54, 1.807) is 0 Å². The number of amides is 1. The average molecular weight is 322 g/mol. The second-order valence-corrected chi connectivity index (χ2v) is 7.06. The van der Waals surface area contributed by atoms with E-state index < -0.39 is 0 Å². The topological polar surface area (TPSA) is 46.3 Å². The molecule has 0 radical (unpaired) electrons. The molecule has 1 saturated heterocycles. The molecule has 1 fully saturated rings. The normalized spacial score (nSPS) is 20.9. The number of nitrogens with zero attached hydrogens (tertiary/aromatic N) is 1. The summed E-state index contributed by atoms with van der Waals surface area (Å²) in [4.78, 5) is 14.6. The SMILES string of the molecule is Cc1ccc(CC2CC(N)CN(C(=O)c3ccccc3)C2)cc1C. The van der Waals surface area contributed by atoms with Crippen molar-refractivity contribution in [1.82, 2.24) is 4.90 Å². The van der Waals surface area contributed by atoms with E-state index in [0.717, 1.165) is 24.9 Å². The summed E-state index contributed by atoms with van der Waals surface area (Å²) < 4.78 is 0. The molecule has 0 spiro atoms. The number of nitrogens with two attached hydrogens (primary N) is 1. The molecule has 2 N–H and O–H groups in total. The first kappa shape index (κ1) is 16.7. The first-order valence-electron chi connectivity index (χ1n) is 8.69. The van der Waals surface area contributed by atoms with Crippen LogP contribution in [0.4, 0.5) is 0 Å². The van der Waals surface area contributed by atoms with Gasteiger partial charge in [0.1, 0.15) is 0 Å². The van der Waals surface area contributed by atoms with E-state index >= 15 is 0 Å². The van der Waals surface area contributed by atoms with Crippen molar-refractivity contribution in [3.05, 3.63) is 70.8 Å². The number of rotatable bonds is 3. The maximum atomic E-state index is 12.7. The van der Waals surface area contributed by atoms with Crippen LogP contribution in [0.5, 0.6) is 0 Å². The molecule has 1 aliphatic rings. The molecule has 0 aromatic heterocycles. The molecule has 1 aliphatic heterocycles. The number of carbonyl (C=O) groups excluding carboxylic acids is 1. The lowest BCUT2D eigenvalue weighted by Gasteiger charge is -2.36. The Bertz CT molecular complexity index is 711. The Morgan fingerprint density at radius 1 is 1.08 bits per heavy atom. The van der Waals surface area contributed by atoms with Crippen LogP contribution >= 0.6 is 0 Å². The number of benzene rings is 2. The minimum Gasteiger partial charge on any atom is -0.337 e. The predicted molar refractivity (Wildman–Crippen MR) is 98.0 cm³/mol. The summed E-state index contributed by atoms with van der Waals surface area (Å²) in [5.41, 5.74) is 11.0. The van der Waals surface area contributed by atoms with E-state index in [-0.39, 0.29) is 11.9 Å². The first-order chi connectivity index (χ1) is 11.5. The second kappa shape index (κ2) is 7.18.